The van der Waals surface area contributed by atoms with Crippen LogP contribution < -0.4 is 10.6 Å². The highest BCUT2D eigenvalue weighted by Gasteiger charge is 2.07. The predicted molar refractivity (Wildman–Crippen MR) is 81.5 cm³/mol. The van der Waals surface area contributed by atoms with Crippen LogP contribution in [-0.4, -0.2) is 18.4 Å². The molecule has 2 amide bonds. The summed E-state index contributed by atoms with van der Waals surface area (Å²) in [5, 5.41) is 5.37. The van der Waals surface area contributed by atoms with E-state index in [2.05, 4.69) is 17.6 Å². The van der Waals surface area contributed by atoms with Gasteiger partial charge in [0.2, 0.25) is 11.8 Å². The summed E-state index contributed by atoms with van der Waals surface area (Å²) in [7, 11) is 0. The first kappa shape index (κ1) is 16.2. The van der Waals surface area contributed by atoms with Gasteiger partial charge < -0.3 is 5.32 Å². The van der Waals surface area contributed by atoms with Crippen molar-refractivity contribution in [1.82, 2.24) is 5.32 Å². The molecule has 2 N–H and O–H groups in total. The number of hydrogen-bond donors (Lipinski definition) is 2. The molecule has 1 aromatic carbocycles. The van der Waals surface area contributed by atoms with Crippen LogP contribution in [0.3, 0.4) is 0 Å². The molecule has 0 fully saturated rings. The number of rotatable bonds is 9. The van der Waals surface area contributed by atoms with Crippen molar-refractivity contribution < 1.29 is 9.59 Å². The van der Waals surface area contributed by atoms with E-state index >= 15 is 0 Å². The Labute approximate surface area is 121 Å². The predicted octanol–water partition coefficient (Wildman–Crippen LogP) is 3.10. The molecule has 0 radical (unpaired) electrons. The second-order valence-corrected chi connectivity index (χ2v) is 4.86. The summed E-state index contributed by atoms with van der Waals surface area (Å²) in [6, 6.07) is 9.45. The molecule has 0 unspecified atom stereocenters. The maximum absolute atomic E-state index is 11.6. The van der Waals surface area contributed by atoms with Crippen molar-refractivity contribution in [3.63, 3.8) is 0 Å². The Balaban J connectivity index is 2.10. The van der Waals surface area contributed by atoms with Gasteiger partial charge in [-0.2, -0.15) is 0 Å². The minimum Gasteiger partial charge on any atom is -0.376 e. The maximum atomic E-state index is 11.6. The fourth-order valence-corrected chi connectivity index (χ4v) is 1.89. The van der Waals surface area contributed by atoms with Crippen molar-refractivity contribution in [3.8, 4) is 0 Å². The monoisotopic (exact) mass is 276 g/mol. The normalized spacial score (nSPS) is 10.1. The number of nitrogens with one attached hydrogen (secondary N) is 2. The van der Waals surface area contributed by atoms with E-state index < -0.39 is 0 Å². The maximum Gasteiger partial charge on any atom is 0.245 e. The summed E-state index contributed by atoms with van der Waals surface area (Å²) >= 11 is 0. The van der Waals surface area contributed by atoms with Crippen LogP contribution in [0.1, 0.15) is 45.4 Å². The SMILES string of the molecule is CCCCCCCC(=O)NC(=O)CNc1ccccc1. The fourth-order valence-electron chi connectivity index (χ4n) is 1.89. The lowest BCUT2D eigenvalue weighted by Gasteiger charge is -2.06. The van der Waals surface area contributed by atoms with Gasteiger partial charge in [0.15, 0.2) is 0 Å². The van der Waals surface area contributed by atoms with Crippen LogP contribution in [0, 0.1) is 0 Å². The molecule has 0 saturated heterocycles. The quantitative estimate of drug-likeness (QED) is 0.681. The second-order valence-electron chi connectivity index (χ2n) is 4.86. The van der Waals surface area contributed by atoms with Gasteiger partial charge in [0.05, 0.1) is 6.54 Å². The van der Waals surface area contributed by atoms with Crippen LogP contribution in [-0.2, 0) is 9.59 Å². The molecule has 1 aromatic rings. The van der Waals surface area contributed by atoms with Crippen molar-refractivity contribution in [2.75, 3.05) is 11.9 Å². The van der Waals surface area contributed by atoms with Gasteiger partial charge >= 0.3 is 0 Å². The standard InChI is InChI=1S/C16H24N2O2/c1-2-3-4-5-9-12-15(19)18-16(20)13-17-14-10-7-6-8-11-14/h6-8,10-11,17H,2-5,9,12-13H2,1H3,(H,18,19,20). The number of amides is 2. The summed E-state index contributed by atoms with van der Waals surface area (Å²) < 4.78 is 0. The number of benzene rings is 1. The Morgan fingerprint density at radius 3 is 2.35 bits per heavy atom. The van der Waals surface area contributed by atoms with Crippen LogP contribution in [0.15, 0.2) is 30.3 Å². The number of anilines is 1. The molecule has 0 aliphatic heterocycles. The molecule has 0 aromatic heterocycles. The molecule has 20 heavy (non-hydrogen) atoms. The third kappa shape index (κ3) is 7.56. The Kier molecular flexibility index (Phi) is 8.11. The Hall–Kier alpha value is -1.84. The van der Waals surface area contributed by atoms with E-state index in [-0.39, 0.29) is 18.4 Å². The first-order valence-corrected chi connectivity index (χ1v) is 7.34. The smallest absolute Gasteiger partial charge is 0.245 e. The molecule has 0 saturated carbocycles. The molecule has 0 aliphatic rings. The topological polar surface area (TPSA) is 58.2 Å². The number of hydrogen-bond acceptors (Lipinski definition) is 3. The van der Waals surface area contributed by atoms with Crippen LogP contribution in [0.2, 0.25) is 0 Å². The fraction of sp³-hybridized carbons (Fsp3) is 0.500. The van der Waals surface area contributed by atoms with Crippen LogP contribution >= 0.6 is 0 Å². The van der Waals surface area contributed by atoms with E-state index in [1.807, 2.05) is 30.3 Å². The highest BCUT2D eigenvalue weighted by Crippen LogP contribution is 2.05. The lowest BCUT2D eigenvalue weighted by atomic mass is 10.1. The van der Waals surface area contributed by atoms with E-state index in [1.54, 1.807) is 0 Å². The van der Waals surface area contributed by atoms with Crippen LogP contribution in [0.5, 0.6) is 0 Å². The number of carbonyl (C=O) groups excluding carboxylic acids is 2. The summed E-state index contributed by atoms with van der Waals surface area (Å²) in [4.78, 5) is 23.1. The molecule has 1 rings (SSSR count). The van der Waals surface area contributed by atoms with E-state index in [1.165, 1.54) is 12.8 Å². The molecule has 0 heterocycles. The molecule has 0 spiro atoms. The number of unbranched alkanes of at least 4 members (excludes halogenated alkanes) is 4. The van der Waals surface area contributed by atoms with E-state index in [9.17, 15) is 9.59 Å². The Bertz CT molecular complexity index is 404. The molecular weight excluding hydrogens is 252 g/mol. The molecule has 4 heteroatoms. The van der Waals surface area contributed by atoms with Crippen molar-refractivity contribution >= 4 is 17.5 Å². The van der Waals surface area contributed by atoms with Gasteiger partial charge in [-0.15, -0.1) is 0 Å². The van der Waals surface area contributed by atoms with Gasteiger partial charge in [-0.05, 0) is 18.6 Å². The van der Waals surface area contributed by atoms with Gasteiger partial charge in [-0.3, -0.25) is 14.9 Å². The first-order valence-electron chi connectivity index (χ1n) is 7.34. The zero-order valence-electron chi connectivity index (χ0n) is 12.2. The molecule has 0 aliphatic carbocycles. The van der Waals surface area contributed by atoms with Crippen LogP contribution in [0.4, 0.5) is 5.69 Å². The van der Waals surface area contributed by atoms with E-state index in [4.69, 9.17) is 0 Å². The van der Waals surface area contributed by atoms with Gasteiger partial charge in [0, 0.05) is 12.1 Å². The molecule has 110 valence electrons. The summed E-state index contributed by atoms with van der Waals surface area (Å²) in [5.41, 5.74) is 0.870. The first-order chi connectivity index (χ1) is 9.72. The van der Waals surface area contributed by atoms with E-state index in [0.29, 0.717) is 6.42 Å². The van der Waals surface area contributed by atoms with Gasteiger partial charge in [0.1, 0.15) is 0 Å². The zero-order chi connectivity index (χ0) is 14.6. The average molecular weight is 276 g/mol. The summed E-state index contributed by atoms with van der Waals surface area (Å²) in [6.07, 6.45) is 5.90. The van der Waals surface area contributed by atoms with Crippen molar-refractivity contribution in [3.05, 3.63) is 30.3 Å². The second kappa shape index (κ2) is 10.0. The van der Waals surface area contributed by atoms with Crippen molar-refractivity contribution in [2.24, 2.45) is 0 Å². The van der Waals surface area contributed by atoms with Gasteiger partial charge in [-0.1, -0.05) is 50.8 Å². The minimum atomic E-state index is -0.285. The van der Waals surface area contributed by atoms with Gasteiger partial charge in [0.25, 0.3) is 0 Å². The number of imide groups is 1. The van der Waals surface area contributed by atoms with Crippen molar-refractivity contribution in [1.29, 1.82) is 0 Å². The third-order valence-electron chi connectivity index (χ3n) is 3.01. The minimum absolute atomic E-state index is 0.117. The molecule has 4 nitrogen and oxygen atoms in total. The van der Waals surface area contributed by atoms with Gasteiger partial charge in [-0.25, -0.2) is 0 Å². The highest BCUT2D eigenvalue weighted by molar-refractivity contribution is 5.96. The highest BCUT2D eigenvalue weighted by atomic mass is 16.2. The zero-order valence-corrected chi connectivity index (χ0v) is 12.2. The van der Waals surface area contributed by atoms with Crippen molar-refractivity contribution in [2.45, 2.75) is 45.4 Å². The molecule has 0 bridgehead atoms. The summed E-state index contributed by atoms with van der Waals surface area (Å²) in [5.74, 6) is -0.464. The van der Waals surface area contributed by atoms with E-state index in [0.717, 1.165) is 24.9 Å². The van der Waals surface area contributed by atoms with Crippen LogP contribution in [0.25, 0.3) is 0 Å². The lowest BCUT2D eigenvalue weighted by molar-refractivity contribution is -0.129. The Morgan fingerprint density at radius 2 is 1.65 bits per heavy atom. The Morgan fingerprint density at radius 1 is 0.950 bits per heavy atom. The lowest BCUT2D eigenvalue weighted by Crippen LogP contribution is -2.34. The number of carbonyl (C=O) groups is 2. The average Bonchev–Trinajstić information content (AvgIpc) is 2.46. The third-order valence-corrected chi connectivity index (χ3v) is 3.01. The molecule has 0 atom stereocenters. The summed E-state index contributed by atoms with van der Waals surface area (Å²) in [6.45, 7) is 2.27. The number of para-hydroxylation sites is 1. The molecular formula is C16H24N2O2. The largest absolute Gasteiger partial charge is 0.376 e.